The lowest BCUT2D eigenvalue weighted by molar-refractivity contribution is 0.0232. The zero-order valence-electron chi connectivity index (χ0n) is 7.71. The van der Waals surface area contributed by atoms with Crippen molar-refractivity contribution in [2.24, 2.45) is 0 Å². The summed E-state index contributed by atoms with van der Waals surface area (Å²) in [7, 11) is 0. The molecule has 0 aliphatic rings. The fourth-order valence-electron chi connectivity index (χ4n) is 0.708. The average molecular weight is 165 g/mol. The SMILES string of the molecule is C=C/C=C/C(C)(C)OCCC#N. The topological polar surface area (TPSA) is 33.0 Å². The number of ether oxygens (including phenoxy) is 1. The van der Waals surface area contributed by atoms with Crippen LogP contribution in [0.1, 0.15) is 20.3 Å². The molecule has 2 nitrogen and oxygen atoms in total. The van der Waals surface area contributed by atoms with E-state index in [9.17, 15) is 0 Å². The number of allylic oxidation sites excluding steroid dienone is 2. The largest absolute Gasteiger partial charge is 0.370 e. The van der Waals surface area contributed by atoms with E-state index < -0.39 is 0 Å². The van der Waals surface area contributed by atoms with E-state index in [1.165, 1.54) is 0 Å². The van der Waals surface area contributed by atoms with Crippen LogP contribution in [-0.2, 0) is 4.74 Å². The summed E-state index contributed by atoms with van der Waals surface area (Å²) in [6.45, 7) is 7.94. The lowest BCUT2D eigenvalue weighted by Gasteiger charge is -2.20. The van der Waals surface area contributed by atoms with Crippen LogP contribution in [0.2, 0.25) is 0 Å². The van der Waals surface area contributed by atoms with Crippen LogP contribution in [-0.4, -0.2) is 12.2 Å². The quantitative estimate of drug-likeness (QED) is 0.463. The molecule has 0 aliphatic carbocycles. The summed E-state index contributed by atoms with van der Waals surface area (Å²) < 4.78 is 5.41. The fraction of sp³-hybridized carbons (Fsp3) is 0.500. The van der Waals surface area contributed by atoms with Gasteiger partial charge in [-0.15, -0.1) is 0 Å². The molecule has 0 aromatic heterocycles. The van der Waals surface area contributed by atoms with Crippen LogP contribution in [0.25, 0.3) is 0 Å². The molecule has 0 bridgehead atoms. The summed E-state index contributed by atoms with van der Waals surface area (Å²) in [5.74, 6) is 0. The predicted octanol–water partition coefficient (Wildman–Crippen LogP) is 2.44. The zero-order valence-corrected chi connectivity index (χ0v) is 7.71. The molecular weight excluding hydrogens is 150 g/mol. The molecule has 0 fully saturated rings. The molecule has 12 heavy (non-hydrogen) atoms. The van der Waals surface area contributed by atoms with Gasteiger partial charge in [-0.05, 0) is 13.8 Å². The number of nitriles is 1. The number of nitrogens with zero attached hydrogens (tertiary/aromatic N) is 1. The first kappa shape index (κ1) is 10.9. The van der Waals surface area contributed by atoms with E-state index in [0.717, 1.165) is 0 Å². The number of hydrogen-bond donors (Lipinski definition) is 0. The van der Waals surface area contributed by atoms with Gasteiger partial charge in [0.1, 0.15) is 0 Å². The monoisotopic (exact) mass is 165 g/mol. The first-order valence-corrected chi connectivity index (χ1v) is 3.93. The van der Waals surface area contributed by atoms with Crippen LogP contribution in [0.5, 0.6) is 0 Å². The maximum Gasteiger partial charge on any atom is 0.0809 e. The van der Waals surface area contributed by atoms with Gasteiger partial charge in [-0.25, -0.2) is 0 Å². The minimum atomic E-state index is -0.301. The second-order valence-corrected chi connectivity index (χ2v) is 2.95. The van der Waals surface area contributed by atoms with Gasteiger partial charge in [0.25, 0.3) is 0 Å². The number of hydrogen-bond acceptors (Lipinski definition) is 2. The summed E-state index contributed by atoms with van der Waals surface area (Å²) in [5, 5.41) is 8.27. The molecule has 0 aliphatic heterocycles. The third kappa shape index (κ3) is 5.70. The molecule has 0 aromatic carbocycles. The Labute approximate surface area is 74.2 Å². The smallest absolute Gasteiger partial charge is 0.0809 e. The highest BCUT2D eigenvalue weighted by molar-refractivity contribution is 5.05. The average Bonchev–Trinajstić information content (AvgIpc) is 2.01. The summed E-state index contributed by atoms with van der Waals surface area (Å²) in [4.78, 5) is 0. The molecule has 0 spiro atoms. The minimum Gasteiger partial charge on any atom is -0.370 e. The molecule has 0 heterocycles. The van der Waals surface area contributed by atoms with Crippen LogP contribution in [0, 0.1) is 11.3 Å². The summed E-state index contributed by atoms with van der Waals surface area (Å²) in [5.41, 5.74) is -0.301. The van der Waals surface area contributed by atoms with E-state index in [0.29, 0.717) is 13.0 Å². The molecule has 0 saturated carbocycles. The van der Waals surface area contributed by atoms with Crippen molar-refractivity contribution in [1.29, 1.82) is 5.26 Å². The second-order valence-electron chi connectivity index (χ2n) is 2.95. The van der Waals surface area contributed by atoms with Gasteiger partial charge in [-0.2, -0.15) is 5.26 Å². The Morgan fingerprint density at radius 3 is 2.75 bits per heavy atom. The summed E-state index contributed by atoms with van der Waals surface area (Å²) >= 11 is 0. The molecule has 0 saturated heterocycles. The Morgan fingerprint density at radius 1 is 1.58 bits per heavy atom. The lowest BCUT2D eigenvalue weighted by Crippen LogP contribution is -2.21. The first-order chi connectivity index (χ1) is 5.62. The Kier molecular flexibility index (Phi) is 5.07. The van der Waals surface area contributed by atoms with Gasteiger partial charge in [0.15, 0.2) is 0 Å². The van der Waals surface area contributed by atoms with Crippen molar-refractivity contribution < 1.29 is 4.74 Å². The zero-order chi connectivity index (χ0) is 9.45. The van der Waals surface area contributed by atoms with E-state index in [1.807, 2.05) is 32.1 Å². The summed E-state index contributed by atoms with van der Waals surface area (Å²) in [6.07, 6.45) is 5.89. The fourth-order valence-corrected chi connectivity index (χ4v) is 0.708. The third-order valence-corrected chi connectivity index (χ3v) is 1.32. The molecule has 0 radical (unpaired) electrons. The highest BCUT2D eigenvalue weighted by Gasteiger charge is 2.12. The standard InChI is InChI=1S/C10H15NO/c1-4-5-7-10(2,3)12-9-6-8-11/h4-5,7H,1,6,9H2,2-3H3/b7-5+. The van der Waals surface area contributed by atoms with E-state index in [1.54, 1.807) is 6.08 Å². The molecule has 0 atom stereocenters. The molecule has 0 unspecified atom stereocenters. The van der Waals surface area contributed by atoms with Crippen LogP contribution < -0.4 is 0 Å². The predicted molar refractivity (Wildman–Crippen MR) is 49.6 cm³/mol. The van der Waals surface area contributed by atoms with Crippen LogP contribution in [0.4, 0.5) is 0 Å². The van der Waals surface area contributed by atoms with Gasteiger partial charge in [-0.3, -0.25) is 0 Å². The van der Waals surface area contributed by atoms with Crippen molar-refractivity contribution in [2.75, 3.05) is 6.61 Å². The van der Waals surface area contributed by atoms with Crippen molar-refractivity contribution in [3.05, 3.63) is 24.8 Å². The number of rotatable bonds is 5. The Hall–Kier alpha value is -1.07. The van der Waals surface area contributed by atoms with E-state index in [2.05, 4.69) is 6.58 Å². The Balaban J connectivity index is 3.79. The van der Waals surface area contributed by atoms with Crippen LogP contribution in [0.15, 0.2) is 24.8 Å². The van der Waals surface area contributed by atoms with Gasteiger partial charge >= 0.3 is 0 Å². The van der Waals surface area contributed by atoms with Crippen molar-refractivity contribution in [3.8, 4) is 6.07 Å². The second kappa shape index (κ2) is 5.56. The maximum atomic E-state index is 8.27. The first-order valence-electron chi connectivity index (χ1n) is 3.93. The molecule has 0 N–H and O–H groups in total. The van der Waals surface area contributed by atoms with Gasteiger partial charge in [0.05, 0.1) is 24.7 Å². The van der Waals surface area contributed by atoms with Gasteiger partial charge in [-0.1, -0.05) is 24.8 Å². The molecule has 0 rings (SSSR count). The van der Waals surface area contributed by atoms with Gasteiger partial charge in [0.2, 0.25) is 0 Å². The van der Waals surface area contributed by atoms with E-state index in [-0.39, 0.29) is 5.60 Å². The molecule has 66 valence electrons. The molecule has 2 heteroatoms. The third-order valence-electron chi connectivity index (χ3n) is 1.32. The van der Waals surface area contributed by atoms with E-state index in [4.69, 9.17) is 10.00 Å². The Bertz CT molecular complexity index is 198. The normalized spacial score (nSPS) is 11.4. The van der Waals surface area contributed by atoms with E-state index >= 15 is 0 Å². The molecule has 0 aromatic rings. The molecular formula is C10H15NO. The van der Waals surface area contributed by atoms with Crippen molar-refractivity contribution in [1.82, 2.24) is 0 Å². The maximum absolute atomic E-state index is 8.27. The summed E-state index contributed by atoms with van der Waals surface area (Å²) in [6, 6.07) is 2.03. The highest BCUT2D eigenvalue weighted by Crippen LogP contribution is 2.10. The van der Waals surface area contributed by atoms with Gasteiger partial charge < -0.3 is 4.74 Å². The minimum absolute atomic E-state index is 0.301. The van der Waals surface area contributed by atoms with Crippen LogP contribution in [0.3, 0.4) is 0 Å². The van der Waals surface area contributed by atoms with Crippen molar-refractivity contribution in [3.63, 3.8) is 0 Å². The van der Waals surface area contributed by atoms with Crippen molar-refractivity contribution >= 4 is 0 Å². The lowest BCUT2D eigenvalue weighted by atomic mass is 10.1. The van der Waals surface area contributed by atoms with Gasteiger partial charge in [0, 0.05) is 0 Å². The van der Waals surface area contributed by atoms with Crippen molar-refractivity contribution in [2.45, 2.75) is 25.9 Å². The molecule has 0 amide bonds. The Morgan fingerprint density at radius 2 is 2.25 bits per heavy atom. The highest BCUT2D eigenvalue weighted by atomic mass is 16.5. The van der Waals surface area contributed by atoms with Crippen LogP contribution >= 0.6 is 0 Å².